The summed E-state index contributed by atoms with van der Waals surface area (Å²) in [6.07, 6.45) is 1.65. The second-order valence-corrected chi connectivity index (χ2v) is 7.49. The van der Waals surface area contributed by atoms with Crippen LogP contribution < -0.4 is 5.56 Å². The number of nitrogens with zero attached hydrogens (tertiary/aromatic N) is 3. The molecule has 0 bridgehead atoms. The molecule has 6 nitrogen and oxygen atoms in total. The van der Waals surface area contributed by atoms with Crippen molar-refractivity contribution in [3.63, 3.8) is 0 Å². The average molecular weight is 381 g/mol. The van der Waals surface area contributed by atoms with Crippen LogP contribution >= 0.6 is 0 Å². The van der Waals surface area contributed by atoms with E-state index in [0.29, 0.717) is 33.1 Å². The highest BCUT2D eigenvalue weighted by atomic mass is 16.6. The molecule has 2 aromatic heterocycles. The van der Waals surface area contributed by atoms with E-state index in [1.54, 1.807) is 44.3 Å². The summed E-state index contributed by atoms with van der Waals surface area (Å²) in [6.45, 7) is 3.57. The molecule has 0 aliphatic carbocycles. The van der Waals surface area contributed by atoms with Gasteiger partial charge in [0, 0.05) is 22.5 Å². The lowest BCUT2D eigenvalue weighted by atomic mass is 9.92. The third-order valence-electron chi connectivity index (χ3n) is 5.31. The fourth-order valence-electron chi connectivity index (χ4n) is 4.10. The molecule has 5 rings (SSSR count). The Hall–Kier alpha value is -3.98. The maximum absolute atomic E-state index is 13.5. The van der Waals surface area contributed by atoms with Crippen LogP contribution in [0.1, 0.15) is 35.5 Å². The minimum Gasteiger partial charge on any atom is -0.450 e. The summed E-state index contributed by atoms with van der Waals surface area (Å²) in [5, 5.41) is 11.1. The van der Waals surface area contributed by atoms with Gasteiger partial charge in [-0.2, -0.15) is 5.26 Å². The topological polar surface area (TPSA) is 85.0 Å². The lowest BCUT2D eigenvalue weighted by Crippen LogP contribution is -2.25. The van der Waals surface area contributed by atoms with E-state index in [4.69, 9.17) is 4.74 Å². The number of hydrogen-bond donors (Lipinski definition) is 0. The highest BCUT2D eigenvalue weighted by molar-refractivity contribution is 6.02. The van der Waals surface area contributed by atoms with Crippen molar-refractivity contribution in [1.82, 2.24) is 9.55 Å². The van der Waals surface area contributed by atoms with Crippen molar-refractivity contribution < 1.29 is 9.53 Å². The standard InChI is InChI=1S/C23H15N3O3/c1-23(2)18-16-11-13(12-24)8-9-15(16)21(27)26(20(18)22(28)29-23)17-7-3-5-14-6-4-10-25-19(14)17/h3-11H,1-2H3. The Morgan fingerprint density at radius 3 is 2.66 bits per heavy atom. The molecule has 0 amide bonds. The molecule has 0 N–H and O–H groups in total. The molecule has 0 fully saturated rings. The van der Waals surface area contributed by atoms with E-state index in [0.717, 1.165) is 5.39 Å². The number of benzene rings is 2. The Labute approximate surface area is 165 Å². The van der Waals surface area contributed by atoms with Crippen LogP contribution in [-0.2, 0) is 10.3 Å². The van der Waals surface area contributed by atoms with Gasteiger partial charge < -0.3 is 4.74 Å². The van der Waals surface area contributed by atoms with Crippen molar-refractivity contribution in [2.45, 2.75) is 19.4 Å². The molecule has 140 valence electrons. The fourth-order valence-corrected chi connectivity index (χ4v) is 4.10. The van der Waals surface area contributed by atoms with E-state index in [9.17, 15) is 14.9 Å². The minimum atomic E-state index is -0.938. The highest BCUT2D eigenvalue weighted by Gasteiger charge is 2.43. The van der Waals surface area contributed by atoms with Crippen LogP contribution in [0.15, 0.2) is 59.5 Å². The fraction of sp³-hybridized carbons (Fsp3) is 0.130. The van der Waals surface area contributed by atoms with E-state index in [2.05, 4.69) is 11.1 Å². The number of nitriles is 1. The van der Waals surface area contributed by atoms with Gasteiger partial charge in [-0.3, -0.25) is 14.3 Å². The van der Waals surface area contributed by atoms with Crippen LogP contribution in [0.2, 0.25) is 0 Å². The van der Waals surface area contributed by atoms with E-state index >= 15 is 0 Å². The summed E-state index contributed by atoms with van der Waals surface area (Å²) in [7, 11) is 0. The summed E-state index contributed by atoms with van der Waals surface area (Å²) in [6, 6.07) is 16.2. The molecule has 6 heteroatoms. The van der Waals surface area contributed by atoms with E-state index in [1.165, 1.54) is 4.57 Å². The molecular formula is C23H15N3O3. The molecule has 0 atom stereocenters. The maximum Gasteiger partial charge on any atom is 0.356 e. The van der Waals surface area contributed by atoms with Gasteiger partial charge in [0.25, 0.3) is 5.56 Å². The van der Waals surface area contributed by atoms with Crippen molar-refractivity contribution in [3.05, 3.63) is 81.9 Å². The number of carbonyl (C=O) groups excluding carboxylic acids is 1. The number of cyclic esters (lactones) is 1. The minimum absolute atomic E-state index is 0.181. The quantitative estimate of drug-likeness (QED) is 0.468. The number of hydrogen-bond acceptors (Lipinski definition) is 5. The number of ether oxygens (including phenoxy) is 1. The lowest BCUT2D eigenvalue weighted by Gasteiger charge is -2.20. The Bertz CT molecular complexity index is 1450. The maximum atomic E-state index is 13.5. The van der Waals surface area contributed by atoms with Gasteiger partial charge in [-0.25, -0.2) is 4.79 Å². The first-order chi connectivity index (χ1) is 13.9. The molecule has 29 heavy (non-hydrogen) atoms. The van der Waals surface area contributed by atoms with E-state index in [1.807, 2.05) is 24.3 Å². The van der Waals surface area contributed by atoms with Crippen molar-refractivity contribution >= 4 is 27.6 Å². The van der Waals surface area contributed by atoms with Crippen LogP contribution in [-0.4, -0.2) is 15.5 Å². The largest absolute Gasteiger partial charge is 0.450 e. The van der Waals surface area contributed by atoms with Crippen molar-refractivity contribution in [3.8, 4) is 11.8 Å². The summed E-state index contributed by atoms with van der Waals surface area (Å²) >= 11 is 0. The van der Waals surface area contributed by atoms with Crippen LogP contribution in [0.5, 0.6) is 0 Å². The molecule has 1 aliphatic rings. The predicted octanol–water partition coefficient (Wildman–Crippen LogP) is 3.82. The molecular weight excluding hydrogens is 366 g/mol. The summed E-state index contributed by atoms with van der Waals surface area (Å²) in [5.74, 6) is -0.570. The van der Waals surface area contributed by atoms with Crippen LogP contribution in [0.4, 0.5) is 0 Å². The zero-order chi connectivity index (χ0) is 20.3. The Balaban J connectivity index is 2.03. The number of fused-ring (bicyclic) bond motifs is 4. The Kier molecular flexibility index (Phi) is 3.40. The molecule has 4 aromatic rings. The van der Waals surface area contributed by atoms with E-state index in [-0.39, 0.29) is 11.3 Å². The highest BCUT2D eigenvalue weighted by Crippen LogP contribution is 2.40. The normalized spacial score (nSPS) is 14.6. The number of esters is 1. The van der Waals surface area contributed by atoms with Crippen LogP contribution in [0.3, 0.4) is 0 Å². The van der Waals surface area contributed by atoms with Crippen molar-refractivity contribution in [1.29, 1.82) is 5.26 Å². The third kappa shape index (κ3) is 2.31. The number of aromatic nitrogens is 2. The molecule has 2 aromatic carbocycles. The van der Waals surface area contributed by atoms with Gasteiger partial charge >= 0.3 is 5.97 Å². The van der Waals surface area contributed by atoms with Gasteiger partial charge in [0.1, 0.15) is 11.3 Å². The molecule has 0 radical (unpaired) electrons. The zero-order valence-electron chi connectivity index (χ0n) is 15.8. The summed E-state index contributed by atoms with van der Waals surface area (Å²) in [4.78, 5) is 30.9. The molecule has 3 heterocycles. The van der Waals surface area contributed by atoms with Gasteiger partial charge in [-0.15, -0.1) is 0 Å². The number of para-hydroxylation sites is 1. The number of pyridine rings is 2. The molecule has 0 saturated heterocycles. The van der Waals surface area contributed by atoms with Gasteiger partial charge in [0.05, 0.1) is 22.8 Å². The Morgan fingerprint density at radius 2 is 1.86 bits per heavy atom. The molecule has 0 spiro atoms. The van der Waals surface area contributed by atoms with Gasteiger partial charge in [-0.05, 0) is 49.6 Å². The van der Waals surface area contributed by atoms with Crippen molar-refractivity contribution in [2.75, 3.05) is 0 Å². The summed E-state index contributed by atoms with van der Waals surface area (Å²) in [5.41, 5.74) is 1.04. The lowest BCUT2D eigenvalue weighted by molar-refractivity contribution is 0.00963. The van der Waals surface area contributed by atoms with Crippen LogP contribution in [0, 0.1) is 11.3 Å². The molecule has 1 aliphatic heterocycles. The number of rotatable bonds is 1. The van der Waals surface area contributed by atoms with Crippen molar-refractivity contribution in [2.24, 2.45) is 0 Å². The van der Waals surface area contributed by atoms with Gasteiger partial charge in [0.2, 0.25) is 0 Å². The second-order valence-electron chi connectivity index (χ2n) is 7.49. The first-order valence-corrected chi connectivity index (χ1v) is 9.13. The SMILES string of the molecule is CC1(C)OC(=O)c2c1c1cc(C#N)ccc1c(=O)n2-c1cccc2cccnc12. The van der Waals surface area contributed by atoms with Crippen LogP contribution in [0.25, 0.3) is 27.4 Å². The predicted molar refractivity (Wildman–Crippen MR) is 108 cm³/mol. The van der Waals surface area contributed by atoms with E-state index < -0.39 is 11.6 Å². The summed E-state index contributed by atoms with van der Waals surface area (Å²) < 4.78 is 7.03. The second kappa shape index (κ2) is 5.76. The van der Waals surface area contributed by atoms with Gasteiger partial charge in [0.15, 0.2) is 0 Å². The monoisotopic (exact) mass is 381 g/mol. The third-order valence-corrected chi connectivity index (χ3v) is 5.31. The zero-order valence-corrected chi connectivity index (χ0v) is 15.8. The molecule has 0 saturated carbocycles. The Morgan fingerprint density at radius 1 is 1.07 bits per heavy atom. The smallest absolute Gasteiger partial charge is 0.356 e. The first kappa shape index (κ1) is 17.1. The van der Waals surface area contributed by atoms with Gasteiger partial charge in [-0.1, -0.05) is 18.2 Å². The first-order valence-electron chi connectivity index (χ1n) is 9.13. The average Bonchev–Trinajstić information content (AvgIpc) is 2.96. The number of carbonyl (C=O) groups is 1. The molecule has 0 unspecified atom stereocenters.